The molecule has 4 unspecified atom stereocenters. The zero-order valence-corrected chi connectivity index (χ0v) is 21.5. The molecule has 1 aliphatic carbocycles. The highest BCUT2D eigenvalue weighted by Gasteiger charge is 2.82. The number of fused-ring (bicyclic) bond motifs is 2. The van der Waals surface area contributed by atoms with Gasteiger partial charge in [-0.15, -0.1) is 0 Å². The highest BCUT2D eigenvalue weighted by Crippen LogP contribution is 2.68. The number of esters is 1. The van der Waals surface area contributed by atoms with Crippen LogP contribution in [0.5, 0.6) is 11.5 Å². The molecule has 2 aliphatic rings. The van der Waals surface area contributed by atoms with Gasteiger partial charge in [0.25, 0.3) is 0 Å². The zero-order valence-electron chi connectivity index (χ0n) is 19.9. The first kappa shape index (κ1) is 24.5. The minimum absolute atomic E-state index is 0.0477. The third-order valence-corrected chi connectivity index (χ3v) is 7.63. The smallest absolute Gasteiger partial charge is 0.313 e. The van der Waals surface area contributed by atoms with Gasteiger partial charge in [-0.1, -0.05) is 71.7 Å². The zero-order chi connectivity index (χ0) is 25.5. The van der Waals surface area contributed by atoms with E-state index in [0.29, 0.717) is 17.9 Å². The van der Waals surface area contributed by atoms with Crippen LogP contribution in [0.4, 0.5) is 0 Å². The van der Waals surface area contributed by atoms with E-state index in [0.717, 1.165) is 22.9 Å². The van der Waals surface area contributed by atoms with E-state index in [2.05, 4.69) is 27.8 Å². The summed E-state index contributed by atoms with van der Waals surface area (Å²) in [5.41, 5.74) is -2.59. The Kier molecular flexibility index (Phi) is 6.34. The molecule has 4 atom stereocenters. The molecule has 1 aliphatic heterocycles. The van der Waals surface area contributed by atoms with E-state index >= 15 is 0 Å². The van der Waals surface area contributed by atoms with E-state index in [1.807, 2.05) is 42.5 Å². The molecule has 1 fully saturated rings. The van der Waals surface area contributed by atoms with E-state index in [9.17, 15) is 14.7 Å². The summed E-state index contributed by atoms with van der Waals surface area (Å²) in [6.45, 7) is 2.57. The van der Waals surface area contributed by atoms with Crippen LogP contribution in [0.3, 0.4) is 0 Å². The minimum atomic E-state index is -2.24. The van der Waals surface area contributed by atoms with Crippen LogP contribution >= 0.6 is 15.9 Å². The number of ether oxygens (including phenoxy) is 3. The minimum Gasteiger partial charge on any atom is -0.492 e. The molecule has 186 valence electrons. The molecule has 1 aromatic heterocycles. The van der Waals surface area contributed by atoms with Crippen molar-refractivity contribution in [1.29, 1.82) is 0 Å². The average Bonchev–Trinajstić information content (AvgIpc) is 2.89. The van der Waals surface area contributed by atoms with Gasteiger partial charge in [-0.2, -0.15) is 0 Å². The van der Waals surface area contributed by atoms with Gasteiger partial charge in [-0.25, -0.2) is 4.98 Å². The van der Waals surface area contributed by atoms with Gasteiger partial charge in [0.15, 0.2) is 22.6 Å². The number of hydrogen-bond acceptors (Lipinski definition) is 7. The maximum Gasteiger partial charge on any atom is 0.313 e. The second-order valence-electron chi connectivity index (χ2n) is 9.05. The lowest BCUT2D eigenvalue weighted by Crippen LogP contribution is -2.80. The van der Waals surface area contributed by atoms with Crippen molar-refractivity contribution >= 4 is 27.7 Å². The van der Waals surface area contributed by atoms with Crippen LogP contribution in [-0.2, 0) is 15.1 Å². The predicted molar refractivity (Wildman–Crippen MR) is 135 cm³/mol. The van der Waals surface area contributed by atoms with Crippen molar-refractivity contribution in [3.63, 3.8) is 0 Å². The van der Waals surface area contributed by atoms with E-state index < -0.39 is 34.8 Å². The Morgan fingerprint density at radius 2 is 1.89 bits per heavy atom. The fraction of sp³-hybridized carbons (Fsp3) is 0.321. The number of rotatable bonds is 7. The van der Waals surface area contributed by atoms with E-state index in [4.69, 9.17) is 14.2 Å². The van der Waals surface area contributed by atoms with E-state index in [1.54, 1.807) is 18.2 Å². The summed E-state index contributed by atoms with van der Waals surface area (Å²) in [6.07, 6.45) is 3.28. The predicted octanol–water partition coefficient (Wildman–Crippen LogP) is 4.81. The maximum absolute atomic E-state index is 14.0. The molecule has 8 heteroatoms. The summed E-state index contributed by atoms with van der Waals surface area (Å²) in [4.78, 5) is 31.3. The third kappa shape index (κ3) is 3.46. The number of carbonyl (C=O) groups excluding carboxylic acids is 2. The van der Waals surface area contributed by atoms with Gasteiger partial charge < -0.3 is 19.3 Å². The molecular formula is C28H26BrNO6. The van der Waals surface area contributed by atoms with Gasteiger partial charge in [-0.3, -0.25) is 9.59 Å². The lowest BCUT2D eigenvalue weighted by atomic mass is 9.44. The van der Waals surface area contributed by atoms with Crippen LogP contribution in [-0.4, -0.2) is 41.2 Å². The highest BCUT2D eigenvalue weighted by atomic mass is 79.9. The van der Waals surface area contributed by atoms with Crippen molar-refractivity contribution in [2.24, 2.45) is 5.92 Å². The Balaban J connectivity index is 1.73. The number of methoxy groups -OCH3 is 1. The molecule has 3 aromatic rings. The van der Waals surface area contributed by atoms with Gasteiger partial charge in [-0.05, 0) is 29.7 Å². The third-order valence-electron chi connectivity index (χ3n) is 7.10. The van der Waals surface area contributed by atoms with Crippen LogP contribution < -0.4 is 9.47 Å². The Morgan fingerprint density at radius 1 is 1.17 bits per heavy atom. The average molecular weight is 552 g/mol. The molecule has 5 rings (SSSR count). The molecule has 7 nitrogen and oxygen atoms in total. The molecule has 1 N–H and O–H groups in total. The number of pyridine rings is 1. The van der Waals surface area contributed by atoms with Gasteiger partial charge >= 0.3 is 5.97 Å². The summed E-state index contributed by atoms with van der Waals surface area (Å²) in [5, 5.41) is 12.2. The van der Waals surface area contributed by atoms with Crippen LogP contribution in [0.25, 0.3) is 0 Å². The van der Waals surface area contributed by atoms with Crippen LogP contribution in [0.15, 0.2) is 71.3 Å². The first-order valence-electron chi connectivity index (χ1n) is 11.9. The van der Waals surface area contributed by atoms with Gasteiger partial charge in [0.2, 0.25) is 5.78 Å². The standard InChI is InChI=1S/C28H26BrNO6/c1-3-4-14-35-20-15-21-24(30-16-20)25(31)27(33)23(26(32)34-2)22(17-8-6-5-7-9-17)28(27,36-21)18-10-12-19(29)13-11-18/h5-13,15-16,22-23,33H,3-4,14H2,1-2H3. The Hall–Kier alpha value is -3.23. The molecule has 0 spiro atoms. The number of halogens is 1. The first-order chi connectivity index (χ1) is 17.4. The topological polar surface area (TPSA) is 95.0 Å². The van der Waals surface area contributed by atoms with Gasteiger partial charge in [0.05, 0.1) is 19.9 Å². The van der Waals surface area contributed by atoms with E-state index in [-0.39, 0.29) is 11.4 Å². The summed E-state index contributed by atoms with van der Waals surface area (Å²) in [6, 6.07) is 18.1. The summed E-state index contributed by atoms with van der Waals surface area (Å²) in [7, 11) is 1.24. The van der Waals surface area contributed by atoms with Crippen molar-refractivity contribution in [1.82, 2.24) is 4.98 Å². The molecule has 0 bridgehead atoms. The second kappa shape index (κ2) is 9.33. The molecule has 0 radical (unpaired) electrons. The lowest BCUT2D eigenvalue weighted by molar-refractivity contribution is -0.251. The molecule has 2 heterocycles. The first-order valence-corrected chi connectivity index (χ1v) is 12.7. The Bertz CT molecular complexity index is 1300. The van der Waals surface area contributed by atoms with Crippen LogP contribution in [0.1, 0.15) is 47.3 Å². The summed E-state index contributed by atoms with van der Waals surface area (Å²) < 4.78 is 18.3. The molecule has 1 saturated carbocycles. The lowest BCUT2D eigenvalue weighted by Gasteiger charge is -2.64. The Labute approximate surface area is 217 Å². The number of unbranched alkanes of at least 4 members (excludes halogenated alkanes) is 1. The monoisotopic (exact) mass is 551 g/mol. The normalized spacial score (nSPS) is 26.2. The summed E-state index contributed by atoms with van der Waals surface area (Å²) >= 11 is 3.45. The van der Waals surface area contributed by atoms with Crippen molar-refractivity contribution < 1.29 is 28.9 Å². The van der Waals surface area contributed by atoms with E-state index in [1.165, 1.54) is 13.3 Å². The number of benzene rings is 2. The van der Waals surface area contributed by atoms with Crippen molar-refractivity contribution in [3.05, 3.63) is 88.2 Å². The molecule has 2 aromatic carbocycles. The van der Waals surface area contributed by atoms with Crippen LogP contribution in [0.2, 0.25) is 0 Å². The number of aromatic nitrogens is 1. The molecule has 0 saturated heterocycles. The highest BCUT2D eigenvalue weighted by molar-refractivity contribution is 9.10. The summed E-state index contributed by atoms with van der Waals surface area (Å²) in [5.74, 6) is -2.62. The number of hydrogen-bond donors (Lipinski definition) is 1. The molecule has 36 heavy (non-hydrogen) atoms. The fourth-order valence-electron chi connectivity index (χ4n) is 5.42. The number of aliphatic hydroxyl groups is 1. The van der Waals surface area contributed by atoms with Gasteiger partial charge in [0.1, 0.15) is 11.7 Å². The molecular weight excluding hydrogens is 526 g/mol. The number of carbonyl (C=O) groups is 2. The van der Waals surface area contributed by atoms with Crippen molar-refractivity contribution in [2.75, 3.05) is 13.7 Å². The van der Waals surface area contributed by atoms with Gasteiger partial charge in [0, 0.05) is 16.5 Å². The second-order valence-corrected chi connectivity index (χ2v) is 9.96. The largest absolute Gasteiger partial charge is 0.492 e. The van der Waals surface area contributed by atoms with Crippen molar-refractivity contribution in [2.45, 2.75) is 36.9 Å². The number of Topliss-reactive ketones (excluding diaryl/α,β-unsaturated/α-hetero) is 1. The van der Waals surface area contributed by atoms with Crippen LogP contribution in [0, 0.1) is 5.92 Å². The quantitative estimate of drug-likeness (QED) is 0.332. The SMILES string of the molecule is CCCCOc1cnc2c(c1)OC1(c3ccc(Br)cc3)C(c3ccccc3)C(C(=O)OC)C1(O)C2=O. The maximum atomic E-state index is 14.0. The number of nitrogens with zero attached hydrogens (tertiary/aromatic N) is 1. The Morgan fingerprint density at radius 3 is 2.56 bits per heavy atom. The number of ketones is 1. The van der Waals surface area contributed by atoms with Crippen molar-refractivity contribution in [3.8, 4) is 11.5 Å². The molecule has 0 amide bonds. The fourth-order valence-corrected chi connectivity index (χ4v) is 5.68.